The maximum Gasteiger partial charge on any atom is 0.222 e. The Morgan fingerprint density at radius 1 is 1.38 bits per heavy atom. The maximum absolute atomic E-state index is 12.0. The summed E-state index contributed by atoms with van der Waals surface area (Å²) in [5.41, 5.74) is 0.961. The summed E-state index contributed by atoms with van der Waals surface area (Å²) in [6, 6.07) is 5.83. The van der Waals surface area contributed by atoms with Crippen molar-refractivity contribution in [1.82, 2.24) is 9.88 Å². The van der Waals surface area contributed by atoms with E-state index in [1.807, 2.05) is 29.2 Å². The molecule has 0 saturated carbocycles. The minimum atomic E-state index is -0.544. The first-order valence-corrected chi connectivity index (χ1v) is 8.82. The van der Waals surface area contributed by atoms with Gasteiger partial charge in [0.2, 0.25) is 5.91 Å². The molecule has 0 radical (unpaired) electrons. The maximum atomic E-state index is 12.0. The van der Waals surface area contributed by atoms with Crippen LogP contribution in [0.5, 0.6) is 0 Å². The number of piperidine rings is 2. The molecule has 0 aromatic carbocycles. The van der Waals surface area contributed by atoms with Crippen molar-refractivity contribution in [1.29, 1.82) is 0 Å². The Morgan fingerprint density at radius 2 is 2.12 bits per heavy atom. The molecule has 2 aliphatic heterocycles. The van der Waals surface area contributed by atoms with Gasteiger partial charge in [0.25, 0.3) is 0 Å². The number of aromatic nitrogens is 1. The van der Waals surface area contributed by atoms with Crippen LogP contribution in [-0.2, 0) is 4.79 Å². The lowest BCUT2D eigenvalue weighted by atomic mass is 9.72. The molecule has 2 aliphatic rings. The first-order valence-electron chi connectivity index (χ1n) is 8.82. The molecule has 1 amide bonds. The van der Waals surface area contributed by atoms with Crippen LogP contribution >= 0.6 is 0 Å². The monoisotopic (exact) mass is 329 g/mol. The molecule has 24 heavy (non-hydrogen) atoms. The molecule has 5 heteroatoms. The Bertz CT molecular complexity index is 606. The number of likely N-dealkylation sites (tertiary alicyclic amines) is 1. The van der Waals surface area contributed by atoms with Gasteiger partial charge in [-0.25, -0.2) is 4.98 Å². The number of anilines is 1. The third-order valence-corrected chi connectivity index (χ3v) is 5.43. The average molecular weight is 329 g/mol. The Labute approximate surface area is 144 Å². The van der Waals surface area contributed by atoms with Gasteiger partial charge < -0.3 is 14.9 Å². The first-order chi connectivity index (χ1) is 11.5. The predicted octanol–water partition coefficient (Wildman–Crippen LogP) is 2.53. The Hall–Kier alpha value is -1.88. The SMILES string of the molecule is C=CCN1CC2(CCC1=O)CCN(c1cccc([C@H](C)O)n1)CC2. The molecule has 3 rings (SSSR count). The second kappa shape index (κ2) is 6.93. The highest BCUT2D eigenvalue weighted by Crippen LogP contribution is 2.40. The second-order valence-corrected chi connectivity index (χ2v) is 7.15. The zero-order valence-electron chi connectivity index (χ0n) is 14.4. The number of rotatable bonds is 4. The minimum absolute atomic E-state index is 0.245. The number of amides is 1. The van der Waals surface area contributed by atoms with Crippen molar-refractivity contribution >= 4 is 11.7 Å². The van der Waals surface area contributed by atoms with Crippen molar-refractivity contribution in [2.75, 3.05) is 31.1 Å². The highest BCUT2D eigenvalue weighted by molar-refractivity contribution is 5.77. The van der Waals surface area contributed by atoms with Gasteiger partial charge in [0.1, 0.15) is 5.82 Å². The summed E-state index contributed by atoms with van der Waals surface area (Å²) in [4.78, 5) is 20.9. The average Bonchev–Trinajstić information content (AvgIpc) is 2.59. The van der Waals surface area contributed by atoms with Crippen LogP contribution in [0.15, 0.2) is 30.9 Å². The molecule has 2 saturated heterocycles. The van der Waals surface area contributed by atoms with Crippen molar-refractivity contribution in [3.63, 3.8) is 0 Å². The van der Waals surface area contributed by atoms with Crippen LogP contribution in [0.25, 0.3) is 0 Å². The number of carbonyl (C=O) groups is 1. The van der Waals surface area contributed by atoms with Gasteiger partial charge in [0, 0.05) is 32.6 Å². The zero-order valence-corrected chi connectivity index (χ0v) is 14.4. The third kappa shape index (κ3) is 3.46. The van der Waals surface area contributed by atoms with Crippen molar-refractivity contribution < 1.29 is 9.90 Å². The summed E-state index contributed by atoms with van der Waals surface area (Å²) in [5.74, 6) is 1.20. The summed E-state index contributed by atoms with van der Waals surface area (Å²) >= 11 is 0. The highest BCUT2D eigenvalue weighted by Gasteiger charge is 2.40. The Kier molecular flexibility index (Phi) is 4.90. The number of pyridine rings is 1. The van der Waals surface area contributed by atoms with E-state index in [0.29, 0.717) is 18.7 Å². The fourth-order valence-electron chi connectivity index (χ4n) is 3.89. The quantitative estimate of drug-likeness (QED) is 0.863. The van der Waals surface area contributed by atoms with E-state index >= 15 is 0 Å². The number of aliphatic hydroxyl groups is 1. The number of nitrogens with zero attached hydrogens (tertiary/aromatic N) is 3. The lowest BCUT2D eigenvalue weighted by molar-refractivity contribution is -0.137. The Balaban J connectivity index is 1.66. The predicted molar refractivity (Wildman–Crippen MR) is 94.8 cm³/mol. The van der Waals surface area contributed by atoms with E-state index in [1.54, 1.807) is 6.92 Å². The minimum Gasteiger partial charge on any atom is -0.387 e. The van der Waals surface area contributed by atoms with E-state index in [1.165, 1.54) is 0 Å². The molecule has 1 N–H and O–H groups in total. The van der Waals surface area contributed by atoms with Gasteiger partial charge in [-0.05, 0) is 43.7 Å². The molecule has 130 valence electrons. The van der Waals surface area contributed by atoms with E-state index in [-0.39, 0.29) is 11.3 Å². The standard InChI is InChI=1S/C19H27N3O2/c1-3-11-22-14-19(8-7-18(22)24)9-12-21(13-10-19)17-6-4-5-16(20-17)15(2)23/h3-6,15,23H,1,7-14H2,2H3/t15-/m0/s1. The molecule has 3 heterocycles. The highest BCUT2D eigenvalue weighted by atomic mass is 16.3. The summed E-state index contributed by atoms with van der Waals surface area (Å²) in [7, 11) is 0. The first kappa shape index (κ1) is 17.0. The van der Waals surface area contributed by atoms with Crippen molar-refractivity contribution in [3.8, 4) is 0 Å². The summed E-state index contributed by atoms with van der Waals surface area (Å²) in [5, 5.41) is 9.72. The molecular weight excluding hydrogens is 302 g/mol. The van der Waals surface area contributed by atoms with Crippen LogP contribution in [0.2, 0.25) is 0 Å². The van der Waals surface area contributed by atoms with Crippen LogP contribution in [0.4, 0.5) is 5.82 Å². The van der Waals surface area contributed by atoms with Crippen molar-refractivity contribution in [3.05, 3.63) is 36.5 Å². The summed E-state index contributed by atoms with van der Waals surface area (Å²) in [6.07, 6.45) is 5.08. The van der Waals surface area contributed by atoms with E-state index < -0.39 is 6.10 Å². The van der Waals surface area contributed by atoms with Gasteiger partial charge in [-0.2, -0.15) is 0 Å². The van der Waals surface area contributed by atoms with Gasteiger partial charge >= 0.3 is 0 Å². The molecule has 1 aromatic heterocycles. The number of hydrogen-bond donors (Lipinski definition) is 1. The zero-order chi connectivity index (χ0) is 17.2. The molecule has 1 spiro atoms. The summed E-state index contributed by atoms with van der Waals surface area (Å²) in [6.45, 7) is 8.92. The van der Waals surface area contributed by atoms with Crippen molar-refractivity contribution in [2.45, 2.75) is 38.7 Å². The van der Waals surface area contributed by atoms with Crippen LogP contribution in [0.1, 0.15) is 44.4 Å². The normalized spacial score (nSPS) is 21.8. The van der Waals surface area contributed by atoms with Crippen LogP contribution in [0.3, 0.4) is 0 Å². The fourth-order valence-corrected chi connectivity index (χ4v) is 3.89. The smallest absolute Gasteiger partial charge is 0.222 e. The fraction of sp³-hybridized carbons (Fsp3) is 0.579. The van der Waals surface area contributed by atoms with Gasteiger partial charge in [-0.15, -0.1) is 6.58 Å². The molecule has 0 bridgehead atoms. The number of aliphatic hydroxyl groups excluding tert-OH is 1. The molecular formula is C19H27N3O2. The number of hydrogen-bond acceptors (Lipinski definition) is 4. The molecule has 1 atom stereocenters. The molecule has 5 nitrogen and oxygen atoms in total. The molecule has 0 aliphatic carbocycles. The van der Waals surface area contributed by atoms with Crippen molar-refractivity contribution in [2.24, 2.45) is 5.41 Å². The molecule has 1 aromatic rings. The van der Waals surface area contributed by atoms with Crippen LogP contribution < -0.4 is 4.90 Å². The Morgan fingerprint density at radius 3 is 2.79 bits per heavy atom. The summed E-state index contributed by atoms with van der Waals surface area (Å²) < 4.78 is 0. The van der Waals surface area contributed by atoms with E-state index in [2.05, 4.69) is 16.5 Å². The van der Waals surface area contributed by atoms with E-state index in [0.717, 1.165) is 44.7 Å². The molecule has 0 unspecified atom stereocenters. The van der Waals surface area contributed by atoms with E-state index in [4.69, 9.17) is 0 Å². The van der Waals surface area contributed by atoms with Gasteiger partial charge in [-0.3, -0.25) is 4.79 Å². The molecule has 2 fully saturated rings. The second-order valence-electron chi connectivity index (χ2n) is 7.15. The van der Waals surface area contributed by atoms with Crippen LogP contribution in [0, 0.1) is 5.41 Å². The largest absolute Gasteiger partial charge is 0.387 e. The third-order valence-electron chi connectivity index (χ3n) is 5.43. The van der Waals surface area contributed by atoms with Crippen LogP contribution in [-0.4, -0.2) is 47.1 Å². The van der Waals surface area contributed by atoms with Gasteiger partial charge in [0.05, 0.1) is 11.8 Å². The van der Waals surface area contributed by atoms with Gasteiger partial charge in [-0.1, -0.05) is 12.1 Å². The van der Waals surface area contributed by atoms with Gasteiger partial charge in [0.15, 0.2) is 0 Å². The number of carbonyl (C=O) groups excluding carboxylic acids is 1. The lowest BCUT2D eigenvalue weighted by Gasteiger charge is -2.47. The topological polar surface area (TPSA) is 56.7 Å². The van der Waals surface area contributed by atoms with E-state index in [9.17, 15) is 9.90 Å². The lowest BCUT2D eigenvalue weighted by Crippen LogP contribution is -2.51.